The summed E-state index contributed by atoms with van der Waals surface area (Å²) in [4.78, 5) is 28.7. The van der Waals surface area contributed by atoms with Crippen LogP contribution in [0, 0.1) is 0 Å². The highest BCUT2D eigenvalue weighted by molar-refractivity contribution is 5.94. The number of aromatic carboxylic acids is 1. The molecule has 6 nitrogen and oxygen atoms in total. The van der Waals surface area contributed by atoms with Gasteiger partial charge < -0.3 is 20.2 Å². The van der Waals surface area contributed by atoms with Crippen LogP contribution >= 0.6 is 12.4 Å². The third-order valence-electron chi connectivity index (χ3n) is 5.91. The minimum atomic E-state index is -0.927. The van der Waals surface area contributed by atoms with Crippen molar-refractivity contribution in [2.24, 2.45) is 0 Å². The number of piperidine rings is 1. The smallest absolute Gasteiger partial charge is 0.335 e. The number of carboxylic acid groups (broad SMARTS) is 1. The number of likely N-dealkylation sites (N-methyl/N-ethyl adjacent to an activating group) is 1. The minimum Gasteiger partial charge on any atom is -0.478 e. The maximum Gasteiger partial charge on any atom is 0.335 e. The lowest BCUT2D eigenvalue weighted by Gasteiger charge is -2.40. The van der Waals surface area contributed by atoms with Gasteiger partial charge >= 0.3 is 5.97 Å². The number of rotatable bonds is 4. The van der Waals surface area contributed by atoms with Gasteiger partial charge in [0.15, 0.2) is 0 Å². The van der Waals surface area contributed by atoms with Crippen molar-refractivity contribution in [3.05, 3.63) is 65.2 Å². The largest absolute Gasteiger partial charge is 0.478 e. The molecular formula is C22H26ClN3O3. The predicted octanol–water partition coefficient (Wildman–Crippen LogP) is 2.76. The Morgan fingerprint density at radius 2 is 1.83 bits per heavy atom. The Morgan fingerprint density at radius 1 is 1.14 bits per heavy atom. The van der Waals surface area contributed by atoms with Crippen LogP contribution in [0.3, 0.4) is 0 Å². The van der Waals surface area contributed by atoms with Gasteiger partial charge in [-0.05, 0) is 61.7 Å². The van der Waals surface area contributed by atoms with Gasteiger partial charge in [0.25, 0.3) is 0 Å². The third kappa shape index (κ3) is 3.82. The molecule has 1 amide bonds. The summed E-state index contributed by atoms with van der Waals surface area (Å²) in [5, 5.41) is 13.0. The zero-order valence-electron chi connectivity index (χ0n) is 16.4. The molecule has 29 heavy (non-hydrogen) atoms. The molecule has 0 saturated carbocycles. The first-order chi connectivity index (χ1) is 13.5. The first-order valence-corrected chi connectivity index (χ1v) is 9.65. The lowest BCUT2D eigenvalue weighted by Crippen LogP contribution is -2.55. The van der Waals surface area contributed by atoms with Crippen LogP contribution in [0.15, 0.2) is 48.5 Å². The SMILES string of the molecule is CN1CN(c2ccc(C(=O)O)c(Cc3ccccc3)c2)C2(CCNCC2)C1=O.Cl. The zero-order valence-corrected chi connectivity index (χ0v) is 17.2. The van der Waals surface area contributed by atoms with E-state index in [0.717, 1.165) is 42.7 Å². The molecule has 0 radical (unpaired) electrons. The van der Waals surface area contributed by atoms with E-state index in [4.69, 9.17) is 0 Å². The summed E-state index contributed by atoms with van der Waals surface area (Å²) >= 11 is 0. The molecule has 0 aliphatic carbocycles. The van der Waals surface area contributed by atoms with Crippen molar-refractivity contribution < 1.29 is 14.7 Å². The van der Waals surface area contributed by atoms with Crippen molar-refractivity contribution in [3.63, 3.8) is 0 Å². The van der Waals surface area contributed by atoms with Gasteiger partial charge in [-0.15, -0.1) is 12.4 Å². The van der Waals surface area contributed by atoms with Crippen LogP contribution in [0.25, 0.3) is 0 Å². The number of nitrogens with one attached hydrogen (secondary N) is 1. The molecule has 2 N–H and O–H groups in total. The summed E-state index contributed by atoms with van der Waals surface area (Å²) in [5.41, 5.74) is 2.52. The second-order valence-corrected chi connectivity index (χ2v) is 7.66. The number of carbonyl (C=O) groups is 2. The van der Waals surface area contributed by atoms with Crippen LogP contribution in [0.1, 0.15) is 34.3 Å². The quantitative estimate of drug-likeness (QED) is 0.803. The Bertz CT molecular complexity index is 897. The number of hydrogen-bond acceptors (Lipinski definition) is 4. The first-order valence-electron chi connectivity index (χ1n) is 9.65. The van der Waals surface area contributed by atoms with Gasteiger partial charge in [0.2, 0.25) is 5.91 Å². The molecule has 2 aliphatic heterocycles. The van der Waals surface area contributed by atoms with Gasteiger partial charge in [-0.25, -0.2) is 4.79 Å². The van der Waals surface area contributed by atoms with E-state index in [9.17, 15) is 14.7 Å². The second-order valence-electron chi connectivity index (χ2n) is 7.66. The molecule has 2 aromatic rings. The molecule has 0 bridgehead atoms. The molecule has 0 aromatic heterocycles. The Kier molecular flexibility index (Phi) is 6.15. The molecule has 1 spiro atoms. The van der Waals surface area contributed by atoms with Crippen molar-refractivity contribution in [2.45, 2.75) is 24.8 Å². The van der Waals surface area contributed by atoms with E-state index >= 15 is 0 Å². The number of carboxylic acids is 1. The highest BCUT2D eigenvalue weighted by atomic mass is 35.5. The first kappa shape index (κ1) is 21.1. The fourth-order valence-corrected chi connectivity index (χ4v) is 4.45. The molecular weight excluding hydrogens is 390 g/mol. The average Bonchev–Trinajstić information content (AvgIpc) is 2.94. The Hall–Kier alpha value is -2.57. The van der Waals surface area contributed by atoms with Crippen molar-refractivity contribution >= 4 is 30.0 Å². The Balaban J connectivity index is 0.00000240. The van der Waals surface area contributed by atoms with E-state index in [1.54, 1.807) is 11.0 Å². The maximum absolute atomic E-state index is 13.0. The summed E-state index contributed by atoms with van der Waals surface area (Å²) in [6, 6.07) is 15.3. The minimum absolute atomic E-state index is 0. The van der Waals surface area contributed by atoms with Crippen LogP contribution in [-0.2, 0) is 11.2 Å². The molecule has 0 atom stereocenters. The molecule has 2 saturated heterocycles. The van der Waals surface area contributed by atoms with Crippen molar-refractivity contribution in [3.8, 4) is 0 Å². The van der Waals surface area contributed by atoms with E-state index in [1.165, 1.54) is 0 Å². The Morgan fingerprint density at radius 3 is 2.48 bits per heavy atom. The number of carbonyl (C=O) groups excluding carboxylic acids is 1. The van der Waals surface area contributed by atoms with Crippen LogP contribution in [0.2, 0.25) is 0 Å². The normalized spacial score (nSPS) is 18.0. The zero-order chi connectivity index (χ0) is 19.7. The molecule has 0 unspecified atom stereocenters. The van der Waals surface area contributed by atoms with E-state index in [-0.39, 0.29) is 18.3 Å². The van der Waals surface area contributed by atoms with E-state index < -0.39 is 11.5 Å². The fraction of sp³-hybridized carbons (Fsp3) is 0.364. The monoisotopic (exact) mass is 415 g/mol. The van der Waals surface area contributed by atoms with Gasteiger partial charge in [0, 0.05) is 12.7 Å². The summed E-state index contributed by atoms with van der Waals surface area (Å²) in [6.45, 7) is 2.14. The van der Waals surface area contributed by atoms with Gasteiger partial charge in [-0.2, -0.15) is 0 Å². The number of halogens is 1. The fourth-order valence-electron chi connectivity index (χ4n) is 4.45. The predicted molar refractivity (Wildman–Crippen MR) is 115 cm³/mol. The number of nitrogens with zero attached hydrogens (tertiary/aromatic N) is 2. The standard InChI is InChI=1S/C22H25N3O3.ClH/c1-24-15-25(22(21(24)28)9-11-23-12-10-22)18-7-8-19(20(26)27)17(14-18)13-16-5-3-2-4-6-16;/h2-8,14,23H,9-13,15H2,1H3,(H,26,27);1H. The van der Waals surface area contributed by atoms with Crippen LogP contribution in [0.4, 0.5) is 5.69 Å². The summed E-state index contributed by atoms with van der Waals surface area (Å²) in [5.74, 6) is -0.774. The summed E-state index contributed by atoms with van der Waals surface area (Å²) in [7, 11) is 1.84. The molecule has 4 rings (SSSR count). The van der Waals surface area contributed by atoms with Crippen molar-refractivity contribution in [1.29, 1.82) is 0 Å². The summed E-state index contributed by atoms with van der Waals surface area (Å²) in [6.07, 6.45) is 2.05. The Labute approximate surface area is 176 Å². The molecule has 2 fully saturated rings. The van der Waals surface area contributed by atoms with Gasteiger partial charge in [-0.1, -0.05) is 30.3 Å². The van der Waals surface area contributed by atoms with Crippen LogP contribution in [-0.4, -0.2) is 54.2 Å². The van der Waals surface area contributed by atoms with E-state index in [0.29, 0.717) is 18.7 Å². The highest BCUT2D eigenvalue weighted by Crippen LogP contribution is 2.38. The number of amides is 1. The maximum atomic E-state index is 13.0. The van der Waals surface area contributed by atoms with Crippen molar-refractivity contribution in [2.75, 3.05) is 31.7 Å². The van der Waals surface area contributed by atoms with Gasteiger partial charge in [0.1, 0.15) is 5.54 Å². The average molecular weight is 416 g/mol. The lowest BCUT2D eigenvalue weighted by molar-refractivity contribution is -0.131. The lowest BCUT2D eigenvalue weighted by atomic mass is 9.86. The summed E-state index contributed by atoms with van der Waals surface area (Å²) < 4.78 is 0. The second kappa shape index (κ2) is 8.43. The number of hydrogen-bond donors (Lipinski definition) is 2. The molecule has 154 valence electrons. The van der Waals surface area contributed by atoms with E-state index in [2.05, 4.69) is 10.2 Å². The van der Waals surface area contributed by atoms with Crippen LogP contribution < -0.4 is 10.2 Å². The van der Waals surface area contributed by atoms with E-state index in [1.807, 2.05) is 49.5 Å². The molecule has 2 aromatic carbocycles. The van der Waals surface area contributed by atoms with Gasteiger partial charge in [0.05, 0.1) is 12.2 Å². The number of benzene rings is 2. The highest BCUT2D eigenvalue weighted by Gasteiger charge is 2.51. The molecule has 2 heterocycles. The molecule has 7 heteroatoms. The number of anilines is 1. The van der Waals surface area contributed by atoms with Crippen molar-refractivity contribution in [1.82, 2.24) is 10.2 Å². The van der Waals surface area contributed by atoms with Gasteiger partial charge in [-0.3, -0.25) is 4.79 Å². The molecule has 2 aliphatic rings. The topological polar surface area (TPSA) is 72.9 Å². The van der Waals surface area contributed by atoms with Crippen LogP contribution in [0.5, 0.6) is 0 Å². The third-order valence-corrected chi connectivity index (χ3v) is 5.91.